The van der Waals surface area contributed by atoms with Gasteiger partial charge in [0.25, 0.3) is 0 Å². The van der Waals surface area contributed by atoms with Gasteiger partial charge in [-0.1, -0.05) is 17.7 Å². The van der Waals surface area contributed by atoms with Gasteiger partial charge in [-0.2, -0.15) is 0 Å². The van der Waals surface area contributed by atoms with E-state index in [1.165, 1.54) is 5.56 Å². The van der Waals surface area contributed by atoms with E-state index in [-0.39, 0.29) is 17.5 Å². The molecular weight excluding hydrogens is 330 g/mol. The molecule has 1 fully saturated rings. The molecule has 0 bridgehead atoms. The first-order valence-corrected chi connectivity index (χ1v) is 9.99. The number of rotatable bonds is 5. The summed E-state index contributed by atoms with van der Waals surface area (Å²) in [6.45, 7) is 3.58. The Balaban J connectivity index is 2.09. The molecule has 1 aromatic rings. The number of thiocarbonyl (C=S) groups is 1. The van der Waals surface area contributed by atoms with Crippen molar-refractivity contribution in [1.29, 1.82) is 0 Å². The fourth-order valence-electron chi connectivity index (χ4n) is 2.61. The molecule has 0 aliphatic carbocycles. The molecule has 7 heteroatoms. The summed E-state index contributed by atoms with van der Waals surface area (Å²) in [6, 6.07) is 7.98. The van der Waals surface area contributed by atoms with Crippen LogP contribution in [0.25, 0.3) is 0 Å². The van der Waals surface area contributed by atoms with E-state index in [1.54, 1.807) is 0 Å². The number of aryl methyl sites for hydroxylation is 1. The lowest BCUT2D eigenvalue weighted by Gasteiger charge is -2.32. The zero-order chi connectivity index (χ0) is 17.0. The molecule has 1 saturated heterocycles. The van der Waals surface area contributed by atoms with Crippen LogP contribution in [0.15, 0.2) is 24.3 Å². The Kier molecular flexibility index (Phi) is 6.00. The molecule has 128 valence electrons. The highest BCUT2D eigenvalue weighted by atomic mass is 32.2. The SMILES string of the molecule is Cc1ccc(NC(=S)N(CCN(C)C)[C@H]2CCS(=O)(=O)C2)cc1. The van der Waals surface area contributed by atoms with Crippen molar-refractivity contribution in [3.63, 3.8) is 0 Å². The zero-order valence-corrected chi connectivity index (χ0v) is 15.6. The number of hydrogen-bond acceptors (Lipinski definition) is 4. The molecule has 5 nitrogen and oxygen atoms in total. The number of nitrogens with one attached hydrogen (secondary N) is 1. The summed E-state index contributed by atoms with van der Waals surface area (Å²) in [4.78, 5) is 4.10. The van der Waals surface area contributed by atoms with Crippen molar-refractivity contribution in [2.24, 2.45) is 0 Å². The molecular formula is C16H25N3O2S2. The highest BCUT2D eigenvalue weighted by Crippen LogP contribution is 2.19. The molecule has 1 aliphatic rings. The highest BCUT2D eigenvalue weighted by Gasteiger charge is 2.33. The standard InChI is InChI=1S/C16H25N3O2S2/c1-13-4-6-14(7-5-13)17-16(22)19(10-9-18(2)3)15-8-11-23(20,21)12-15/h4-7,15H,8-12H2,1-3H3,(H,17,22)/t15-/m0/s1. The summed E-state index contributed by atoms with van der Waals surface area (Å²) in [7, 11) is 1.07. The van der Waals surface area contributed by atoms with E-state index in [0.717, 1.165) is 12.2 Å². The topological polar surface area (TPSA) is 52.6 Å². The van der Waals surface area contributed by atoms with Crippen LogP contribution in [-0.4, -0.2) is 68.1 Å². The van der Waals surface area contributed by atoms with Crippen molar-refractivity contribution >= 4 is 32.9 Å². The van der Waals surface area contributed by atoms with E-state index in [4.69, 9.17) is 12.2 Å². The quantitative estimate of drug-likeness (QED) is 0.812. The Morgan fingerprint density at radius 1 is 1.26 bits per heavy atom. The number of benzene rings is 1. The van der Waals surface area contributed by atoms with Crippen LogP contribution in [0, 0.1) is 6.92 Å². The van der Waals surface area contributed by atoms with Crippen molar-refractivity contribution < 1.29 is 8.42 Å². The third-order valence-electron chi connectivity index (χ3n) is 4.00. The van der Waals surface area contributed by atoms with Crippen LogP contribution in [-0.2, 0) is 9.84 Å². The van der Waals surface area contributed by atoms with Gasteiger partial charge < -0.3 is 15.1 Å². The lowest BCUT2D eigenvalue weighted by Crippen LogP contribution is -2.46. The minimum Gasteiger partial charge on any atom is -0.344 e. The first kappa shape index (κ1) is 18.2. The second-order valence-electron chi connectivity index (χ2n) is 6.35. The van der Waals surface area contributed by atoms with E-state index in [1.807, 2.05) is 50.2 Å². The van der Waals surface area contributed by atoms with Crippen molar-refractivity contribution in [1.82, 2.24) is 9.80 Å². The predicted octanol–water partition coefficient (Wildman–Crippen LogP) is 1.74. The second kappa shape index (κ2) is 7.59. The Morgan fingerprint density at radius 2 is 1.91 bits per heavy atom. The smallest absolute Gasteiger partial charge is 0.173 e. The number of likely N-dealkylation sites (N-methyl/N-ethyl adjacent to an activating group) is 1. The monoisotopic (exact) mass is 355 g/mol. The van der Waals surface area contributed by atoms with Crippen molar-refractivity contribution in [2.45, 2.75) is 19.4 Å². The summed E-state index contributed by atoms with van der Waals surface area (Å²) in [5, 5.41) is 3.84. The maximum absolute atomic E-state index is 11.8. The van der Waals surface area contributed by atoms with Crippen LogP contribution >= 0.6 is 12.2 Å². The fourth-order valence-corrected chi connectivity index (χ4v) is 4.70. The van der Waals surface area contributed by atoms with Crippen LogP contribution in [0.5, 0.6) is 0 Å². The molecule has 1 heterocycles. The fraction of sp³-hybridized carbons (Fsp3) is 0.562. The van der Waals surface area contributed by atoms with E-state index >= 15 is 0 Å². The zero-order valence-electron chi connectivity index (χ0n) is 13.9. The summed E-state index contributed by atoms with van der Waals surface area (Å²) in [6.07, 6.45) is 0.644. The third kappa shape index (κ3) is 5.44. The molecule has 0 unspecified atom stereocenters. The van der Waals surface area contributed by atoms with Gasteiger partial charge in [0.15, 0.2) is 14.9 Å². The van der Waals surface area contributed by atoms with Crippen LogP contribution in [0.4, 0.5) is 5.69 Å². The largest absolute Gasteiger partial charge is 0.344 e. The normalized spacial score (nSPS) is 19.7. The molecule has 1 aliphatic heterocycles. The third-order valence-corrected chi connectivity index (χ3v) is 6.09. The van der Waals surface area contributed by atoms with Gasteiger partial charge in [-0.15, -0.1) is 0 Å². The first-order chi connectivity index (χ1) is 10.8. The van der Waals surface area contributed by atoms with Gasteiger partial charge in [-0.25, -0.2) is 8.42 Å². The molecule has 0 amide bonds. The maximum Gasteiger partial charge on any atom is 0.173 e. The number of sulfone groups is 1. The maximum atomic E-state index is 11.8. The average Bonchev–Trinajstić information content (AvgIpc) is 2.81. The summed E-state index contributed by atoms with van der Waals surface area (Å²) in [5.74, 6) is 0.444. The molecule has 0 radical (unpaired) electrons. The average molecular weight is 356 g/mol. The van der Waals surface area contributed by atoms with Crippen LogP contribution < -0.4 is 5.32 Å². The highest BCUT2D eigenvalue weighted by molar-refractivity contribution is 7.91. The van der Waals surface area contributed by atoms with E-state index in [9.17, 15) is 8.42 Å². The Labute approximate surface area is 144 Å². The van der Waals surface area contributed by atoms with E-state index < -0.39 is 9.84 Å². The van der Waals surface area contributed by atoms with Crippen molar-refractivity contribution in [3.8, 4) is 0 Å². The van der Waals surface area contributed by atoms with Crippen molar-refractivity contribution in [2.75, 3.05) is 44.0 Å². The van der Waals surface area contributed by atoms with Crippen LogP contribution in [0.1, 0.15) is 12.0 Å². The lowest BCUT2D eigenvalue weighted by atomic mass is 10.2. The van der Waals surface area contributed by atoms with E-state index in [0.29, 0.717) is 18.1 Å². The van der Waals surface area contributed by atoms with Gasteiger partial charge in [-0.3, -0.25) is 0 Å². The molecule has 1 atom stereocenters. The molecule has 23 heavy (non-hydrogen) atoms. The van der Waals surface area contributed by atoms with Gasteiger partial charge in [0.05, 0.1) is 11.5 Å². The molecule has 0 aromatic heterocycles. The minimum atomic E-state index is -2.93. The van der Waals surface area contributed by atoms with Crippen LogP contribution in [0.2, 0.25) is 0 Å². The number of hydrogen-bond donors (Lipinski definition) is 1. The van der Waals surface area contributed by atoms with Crippen molar-refractivity contribution in [3.05, 3.63) is 29.8 Å². The molecule has 0 saturated carbocycles. The molecule has 2 rings (SSSR count). The Hall–Kier alpha value is -1.18. The van der Waals surface area contributed by atoms with Gasteiger partial charge in [0, 0.05) is 24.8 Å². The van der Waals surface area contributed by atoms with Gasteiger partial charge in [0.1, 0.15) is 0 Å². The van der Waals surface area contributed by atoms with Gasteiger partial charge in [0.2, 0.25) is 0 Å². The minimum absolute atomic E-state index is 0.0367. The number of anilines is 1. The second-order valence-corrected chi connectivity index (χ2v) is 8.97. The predicted molar refractivity (Wildman–Crippen MR) is 99.7 cm³/mol. The Bertz CT molecular complexity index is 642. The van der Waals surface area contributed by atoms with Gasteiger partial charge in [-0.05, 0) is 51.8 Å². The molecule has 0 spiro atoms. The van der Waals surface area contributed by atoms with Gasteiger partial charge >= 0.3 is 0 Å². The van der Waals surface area contributed by atoms with Crippen LogP contribution in [0.3, 0.4) is 0 Å². The van der Waals surface area contributed by atoms with E-state index in [2.05, 4.69) is 10.2 Å². The summed E-state index contributed by atoms with van der Waals surface area (Å²) < 4.78 is 23.6. The Morgan fingerprint density at radius 3 is 2.43 bits per heavy atom. The number of nitrogens with zero attached hydrogens (tertiary/aromatic N) is 2. The summed E-state index contributed by atoms with van der Waals surface area (Å²) in [5.41, 5.74) is 2.11. The lowest BCUT2D eigenvalue weighted by molar-refractivity contribution is 0.289. The molecule has 1 aromatic carbocycles. The first-order valence-electron chi connectivity index (χ1n) is 7.76. The summed E-state index contributed by atoms with van der Waals surface area (Å²) >= 11 is 5.56. The molecule has 1 N–H and O–H groups in total.